The fraction of sp³-hybridized carbons (Fsp3) is 0.188. The second-order valence-electron chi connectivity index (χ2n) is 4.71. The van der Waals surface area contributed by atoms with Gasteiger partial charge in [-0.05, 0) is 17.7 Å². The second-order valence-corrected chi connectivity index (χ2v) is 4.71. The van der Waals surface area contributed by atoms with Crippen molar-refractivity contribution in [2.75, 3.05) is 19.5 Å². The van der Waals surface area contributed by atoms with Crippen LogP contribution in [0.4, 0.5) is 5.95 Å². The Labute approximate surface area is 117 Å². The lowest BCUT2D eigenvalue weighted by molar-refractivity contribution is 0.171. The highest BCUT2D eigenvalue weighted by Crippen LogP contribution is 2.27. The molecule has 102 valence electrons. The molecule has 3 aromatic rings. The molecule has 2 N–H and O–H groups in total. The topological polar surface area (TPSA) is 53.1 Å². The van der Waals surface area contributed by atoms with Crippen LogP contribution in [0.15, 0.2) is 54.6 Å². The van der Waals surface area contributed by atoms with Crippen LogP contribution < -0.4 is 5.73 Å². The van der Waals surface area contributed by atoms with Crippen LogP contribution >= 0.6 is 0 Å². The van der Waals surface area contributed by atoms with Gasteiger partial charge in [-0.15, -0.1) is 0 Å². The summed E-state index contributed by atoms with van der Waals surface area (Å²) >= 11 is 0. The molecule has 0 saturated carbocycles. The number of ether oxygens (including phenoxy) is 1. The third-order valence-electron chi connectivity index (χ3n) is 3.44. The number of nitrogens with zero attached hydrogens (tertiary/aromatic N) is 2. The fourth-order valence-corrected chi connectivity index (χ4v) is 2.54. The number of imidazole rings is 1. The molecule has 2 aromatic carbocycles. The summed E-state index contributed by atoms with van der Waals surface area (Å²) < 4.78 is 7.42. The van der Waals surface area contributed by atoms with Gasteiger partial charge >= 0.3 is 0 Å². The number of rotatable bonds is 4. The summed E-state index contributed by atoms with van der Waals surface area (Å²) in [5, 5.41) is 0. The Hall–Kier alpha value is -2.33. The molecule has 1 aromatic heterocycles. The number of benzene rings is 2. The van der Waals surface area contributed by atoms with Crippen LogP contribution in [0.25, 0.3) is 11.0 Å². The summed E-state index contributed by atoms with van der Waals surface area (Å²) in [6.07, 6.45) is 0. The molecule has 0 aliphatic carbocycles. The molecule has 0 amide bonds. The van der Waals surface area contributed by atoms with Gasteiger partial charge < -0.3 is 15.0 Å². The van der Waals surface area contributed by atoms with Crippen molar-refractivity contribution in [2.45, 2.75) is 6.04 Å². The van der Waals surface area contributed by atoms with Gasteiger partial charge in [-0.25, -0.2) is 4.98 Å². The van der Waals surface area contributed by atoms with E-state index in [4.69, 9.17) is 10.5 Å². The zero-order valence-electron chi connectivity index (χ0n) is 11.4. The normalized spacial score (nSPS) is 12.7. The van der Waals surface area contributed by atoms with Crippen LogP contribution in [0.2, 0.25) is 0 Å². The second kappa shape index (κ2) is 5.35. The molecule has 0 saturated heterocycles. The van der Waals surface area contributed by atoms with Crippen molar-refractivity contribution in [1.82, 2.24) is 9.55 Å². The van der Waals surface area contributed by atoms with E-state index >= 15 is 0 Å². The Morgan fingerprint density at radius 2 is 1.80 bits per heavy atom. The molecular formula is C16H17N3O. The standard InChI is InChI=1S/C16H17N3O/c1-20-11-15(12-7-3-2-4-8-12)19-14-10-6-5-9-13(14)18-16(19)17/h2-10,15H,11H2,1H3,(H2,17,18)/t15-/m0/s1. The van der Waals surface area contributed by atoms with Crippen LogP contribution in [-0.4, -0.2) is 23.3 Å². The molecular weight excluding hydrogens is 250 g/mol. The van der Waals surface area contributed by atoms with Crippen molar-refractivity contribution in [3.63, 3.8) is 0 Å². The van der Waals surface area contributed by atoms with E-state index in [0.29, 0.717) is 12.6 Å². The highest BCUT2D eigenvalue weighted by molar-refractivity contribution is 5.78. The lowest BCUT2D eigenvalue weighted by atomic mass is 10.1. The smallest absolute Gasteiger partial charge is 0.201 e. The lowest BCUT2D eigenvalue weighted by Crippen LogP contribution is -2.18. The third kappa shape index (κ3) is 2.14. The Balaban J connectivity index is 2.17. The van der Waals surface area contributed by atoms with E-state index in [1.54, 1.807) is 7.11 Å². The summed E-state index contributed by atoms with van der Waals surface area (Å²) in [4.78, 5) is 4.43. The molecule has 20 heavy (non-hydrogen) atoms. The number of methoxy groups -OCH3 is 1. The van der Waals surface area contributed by atoms with E-state index in [1.807, 2.05) is 47.0 Å². The lowest BCUT2D eigenvalue weighted by Gasteiger charge is -2.20. The number of hydrogen-bond donors (Lipinski definition) is 1. The van der Waals surface area contributed by atoms with Crippen molar-refractivity contribution >= 4 is 17.0 Å². The summed E-state index contributed by atoms with van der Waals surface area (Å²) in [5.74, 6) is 0.511. The van der Waals surface area contributed by atoms with E-state index < -0.39 is 0 Å². The third-order valence-corrected chi connectivity index (χ3v) is 3.44. The number of nitrogen functional groups attached to an aromatic ring is 1. The van der Waals surface area contributed by atoms with Crippen LogP contribution in [0.3, 0.4) is 0 Å². The molecule has 0 radical (unpaired) electrons. The molecule has 4 heteroatoms. The van der Waals surface area contributed by atoms with Gasteiger partial charge in [0, 0.05) is 7.11 Å². The highest BCUT2D eigenvalue weighted by Gasteiger charge is 2.19. The van der Waals surface area contributed by atoms with Gasteiger partial charge in [-0.2, -0.15) is 0 Å². The average Bonchev–Trinajstić information content (AvgIpc) is 2.82. The van der Waals surface area contributed by atoms with E-state index in [-0.39, 0.29) is 6.04 Å². The SMILES string of the molecule is COC[C@@H](c1ccccc1)n1c(N)nc2ccccc21. The molecule has 0 bridgehead atoms. The Morgan fingerprint density at radius 1 is 1.10 bits per heavy atom. The largest absolute Gasteiger partial charge is 0.382 e. The van der Waals surface area contributed by atoms with Gasteiger partial charge in [0.15, 0.2) is 0 Å². The fourth-order valence-electron chi connectivity index (χ4n) is 2.54. The van der Waals surface area contributed by atoms with Gasteiger partial charge in [0.05, 0.1) is 23.7 Å². The predicted octanol–water partition coefficient (Wildman–Crippen LogP) is 2.85. The van der Waals surface area contributed by atoms with Crippen molar-refractivity contribution in [2.24, 2.45) is 0 Å². The molecule has 0 spiro atoms. The van der Waals surface area contributed by atoms with Crippen molar-refractivity contribution in [3.05, 3.63) is 60.2 Å². The molecule has 0 aliphatic rings. The molecule has 1 heterocycles. The van der Waals surface area contributed by atoms with Crippen LogP contribution in [0.1, 0.15) is 11.6 Å². The van der Waals surface area contributed by atoms with E-state index in [9.17, 15) is 0 Å². The highest BCUT2D eigenvalue weighted by atomic mass is 16.5. The zero-order valence-corrected chi connectivity index (χ0v) is 11.4. The summed E-state index contributed by atoms with van der Waals surface area (Å²) in [6, 6.07) is 18.2. The van der Waals surface area contributed by atoms with Crippen molar-refractivity contribution in [1.29, 1.82) is 0 Å². The first kappa shape index (κ1) is 12.7. The minimum absolute atomic E-state index is 0.0219. The first-order chi connectivity index (χ1) is 9.81. The number of nitrogens with two attached hydrogens (primary N) is 1. The van der Waals surface area contributed by atoms with E-state index in [2.05, 4.69) is 17.1 Å². The predicted molar refractivity (Wildman–Crippen MR) is 80.6 cm³/mol. The van der Waals surface area contributed by atoms with Gasteiger partial charge in [-0.1, -0.05) is 42.5 Å². The van der Waals surface area contributed by atoms with Crippen molar-refractivity contribution < 1.29 is 4.74 Å². The monoisotopic (exact) mass is 267 g/mol. The molecule has 0 fully saturated rings. The maximum Gasteiger partial charge on any atom is 0.201 e. The maximum atomic E-state index is 6.12. The number of para-hydroxylation sites is 2. The van der Waals surface area contributed by atoms with Gasteiger partial charge in [0.25, 0.3) is 0 Å². The van der Waals surface area contributed by atoms with Gasteiger partial charge in [0.2, 0.25) is 5.95 Å². The minimum Gasteiger partial charge on any atom is -0.382 e. The Morgan fingerprint density at radius 3 is 2.55 bits per heavy atom. The number of fused-ring (bicyclic) bond motifs is 1. The number of anilines is 1. The molecule has 0 unspecified atom stereocenters. The molecule has 0 aliphatic heterocycles. The molecule has 1 atom stereocenters. The quantitative estimate of drug-likeness (QED) is 0.790. The summed E-state index contributed by atoms with van der Waals surface area (Å²) in [6.45, 7) is 0.550. The van der Waals surface area contributed by atoms with Crippen molar-refractivity contribution in [3.8, 4) is 0 Å². The van der Waals surface area contributed by atoms with E-state index in [0.717, 1.165) is 16.6 Å². The van der Waals surface area contributed by atoms with Gasteiger partial charge in [0.1, 0.15) is 0 Å². The summed E-state index contributed by atoms with van der Waals surface area (Å²) in [5.41, 5.74) is 9.20. The first-order valence-corrected chi connectivity index (χ1v) is 6.57. The van der Waals surface area contributed by atoms with Crippen LogP contribution in [-0.2, 0) is 4.74 Å². The van der Waals surface area contributed by atoms with Crippen LogP contribution in [0, 0.1) is 0 Å². The number of aromatic nitrogens is 2. The Bertz CT molecular complexity index is 706. The molecule has 4 nitrogen and oxygen atoms in total. The average molecular weight is 267 g/mol. The Kier molecular flexibility index (Phi) is 3.39. The molecule has 3 rings (SSSR count). The minimum atomic E-state index is 0.0219. The summed E-state index contributed by atoms with van der Waals surface area (Å²) in [7, 11) is 1.70. The van der Waals surface area contributed by atoms with E-state index in [1.165, 1.54) is 0 Å². The van der Waals surface area contributed by atoms with Crippen LogP contribution in [0.5, 0.6) is 0 Å². The zero-order chi connectivity index (χ0) is 13.9. The van der Waals surface area contributed by atoms with Gasteiger partial charge in [-0.3, -0.25) is 0 Å². The first-order valence-electron chi connectivity index (χ1n) is 6.57. The number of hydrogen-bond acceptors (Lipinski definition) is 3. The maximum absolute atomic E-state index is 6.12.